The van der Waals surface area contributed by atoms with Crippen LogP contribution in [0.5, 0.6) is 0 Å². The first-order chi connectivity index (χ1) is 13.1. The quantitative estimate of drug-likeness (QED) is 0.622. The molecule has 2 aromatic carbocycles. The van der Waals surface area contributed by atoms with Crippen molar-refractivity contribution in [3.8, 4) is 0 Å². The average molecular weight is 411 g/mol. The molecule has 148 valence electrons. The second-order valence-electron chi connectivity index (χ2n) is 6.06. The van der Waals surface area contributed by atoms with Crippen LogP contribution in [0.4, 0.5) is 13.2 Å². The Labute approximate surface area is 159 Å². The minimum atomic E-state index is -4.53. The van der Waals surface area contributed by atoms with Gasteiger partial charge in [-0.25, -0.2) is 8.42 Å². The second kappa shape index (κ2) is 7.31. The van der Waals surface area contributed by atoms with Crippen LogP contribution in [0, 0.1) is 0 Å². The van der Waals surface area contributed by atoms with Crippen LogP contribution < -0.4 is 0 Å². The summed E-state index contributed by atoms with van der Waals surface area (Å²) in [4.78, 5) is 14.5. The molecule has 0 amide bonds. The highest BCUT2D eigenvalue weighted by Gasteiger charge is 2.35. The van der Waals surface area contributed by atoms with E-state index in [9.17, 15) is 26.4 Å². The fourth-order valence-electron chi connectivity index (χ4n) is 2.69. The van der Waals surface area contributed by atoms with Gasteiger partial charge in [-0.1, -0.05) is 25.1 Å². The van der Waals surface area contributed by atoms with Gasteiger partial charge >= 0.3 is 12.1 Å². The molecule has 0 bridgehead atoms. The van der Waals surface area contributed by atoms with Gasteiger partial charge in [0.15, 0.2) is 0 Å². The summed E-state index contributed by atoms with van der Waals surface area (Å²) in [5.41, 5.74) is -2.30. The summed E-state index contributed by atoms with van der Waals surface area (Å²) < 4.78 is 70.0. The SMILES string of the molecule is CCC(=O)OC(c1cc2cc(C(F)(F)F)ccc2[nH]1)S(=O)(=O)c1ccccc1. The van der Waals surface area contributed by atoms with Gasteiger partial charge in [0.1, 0.15) is 0 Å². The molecule has 9 heteroatoms. The maximum atomic E-state index is 13.0. The molecule has 0 saturated heterocycles. The number of carbonyl (C=O) groups excluding carboxylic acids is 1. The summed E-state index contributed by atoms with van der Waals surface area (Å²) in [7, 11) is -4.14. The first-order valence-corrected chi connectivity index (χ1v) is 9.86. The fourth-order valence-corrected chi connectivity index (χ4v) is 4.17. The monoisotopic (exact) mass is 411 g/mol. The van der Waals surface area contributed by atoms with Crippen LogP contribution in [-0.2, 0) is 25.5 Å². The number of aromatic nitrogens is 1. The third-order valence-corrected chi connectivity index (χ3v) is 5.95. The Morgan fingerprint density at radius 3 is 2.39 bits per heavy atom. The van der Waals surface area contributed by atoms with Crippen molar-refractivity contribution in [2.75, 3.05) is 0 Å². The van der Waals surface area contributed by atoms with Crippen LogP contribution in [0.15, 0.2) is 59.5 Å². The second-order valence-corrected chi connectivity index (χ2v) is 8.05. The Morgan fingerprint density at radius 1 is 1.11 bits per heavy atom. The van der Waals surface area contributed by atoms with Crippen LogP contribution in [-0.4, -0.2) is 19.4 Å². The fraction of sp³-hybridized carbons (Fsp3) is 0.211. The van der Waals surface area contributed by atoms with E-state index in [0.717, 1.165) is 12.1 Å². The first-order valence-electron chi connectivity index (χ1n) is 8.31. The number of hydrogen-bond acceptors (Lipinski definition) is 4. The van der Waals surface area contributed by atoms with Gasteiger partial charge in [0.25, 0.3) is 0 Å². The van der Waals surface area contributed by atoms with E-state index in [1.165, 1.54) is 43.3 Å². The Kier molecular flexibility index (Phi) is 5.20. The van der Waals surface area contributed by atoms with Gasteiger partial charge in [-0.3, -0.25) is 4.79 Å². The number of benzene rings is 2. The summed E-state index contributed by atoms with van der Waals surface area (Å²) in [5, 5.41) is 0.158. The molecule has 3 rings (SSSR count). The normalized spacial score (nSPS) is 13.4. The number of alkyl halides is 3. The standard InChI is InChI=1S/C19H16F3NO4S/c1-2-17(24)27-18(28(25,26)14-6-4-3-5-7-14)16-11-12-10-13(19(20,21)22)8-9-15(12)23-16/h3-11,18,23H,2H2,1H3. The lowest BCUT2D eigenvalue weighted by atomic mass is 10.1. The zero-order valence-corrected chi connectivity index (χ0v) is 15.5. The van der Waals surface area contributed by atoms with Gasteiger partial charge in [-0.15, -0.1) is 0 Å². The number of esters is 1. The Bertz CT molecular complexity index is 1110. The predicted molar refractivity (Wildman–Crippen MR) is 96.1 cm³/mol. The summed E-state index contributed by atoms with van der Waals surface area (Å²) in [6.07, 6.45) is -4.59. The molecule has 1 atom stereocenters. The van der Waals surface area contributed by atoms with Crippen molar-refractivity contribution in [3.05, 3.63) is 65.9 Å². The average Bonchev–Trinajstić information content (AvgIpc) is 3.08. The van der Waals surface area contributed by atoms with E-state index in [1.54, 1.807) is 6.07 Å². The summed E-state index contributed by atoms with van der Waals surface area (Å²) >= 11 is 0. The van der Waals surface area contributed by atoms with Crippen molar-refractivity contribution in [3.63, 3.8) is 0 Å². The van der Waals surface area contributed by atoms with Crippen molar-refractivity contribution < 1.29 is 31.1 Å². The molecule has 5 nitrogen and oxygen atoms in total. The molecule has 0 spiro atoms. The highest BCUT2D eigenvalue weighted by Crippen LogP contribution is 2.35. The lowest BCUT2D eigenvalue weighted by molar-refractivity contribution is -0.145. The maximum absolute atomic E-state index is 13.0. The molecule has 28 heavy (non-hydrogen) atoms. The number of H-pyrrole nitrogens is 1. The number of halogens is 3. The molecule has 0 saturated carbocycles. The number of fused-ring (bicyclic) bond motifs is 1. The van der Waals surface area contributed by atoms with Crippen molar-refractivity contribution >= 4 is 26.7 Å². The van der Waals surface area contributed by atoms with Crippen LogP contribution in [0.25, 0.3) is 10.9 Å². The van der Waals surface area contributed by atoms with Gasteiger partial charge in [0.05, 0.1) is 16.2 Å². The molecule has 1 aromatic heterocycles. The van der Waals surface area contributed by atoms with Crippen LogP contribution >= 0.6 is 0 Å². The third-order valence-electron chi connectivity index (χ3n) is 4.10. The molecule has 0 radical (unpaired) electrons. The van der Waals surface area contributed by atoms with Crippen LogP contribution in [0.3, 0.4) is 0 Å². The van der Waals surface area contributed by atoms with Crippen LogP contribution in [0.1, 0.15) is 30.0 Å². The molecule has 1 N–H and O–H groups in total. The van der Waals surface area contributed by atoms with Crippen molar-refractivity contribution in [2.24, 2.45) is 0 Å². The summed E-state index contributed by atoms with van der Waals surface area (Å²) in [5.74, 6) is -0.751. The molecule has 1 heterocycles. The van der Waals surface area contributed by atoms with E-state index in [1.807, 2.05) is 0 Å². The van der Waals surface area contributed by atoms with Crippen LogP contribution in [0.2, 0.25) is 0 Å². The molecule has 3 aromatic rings. The third kappa shape index (κ3) is 3.89. The number of ether oxygens (including phenoxy) is 1. The molecule has 0 fully saturated rings. The number of carbonyl (C=O) groups is 1. The Hall–Kier alpha value is -2.81. The Balaban J connectivity index is 2.12. The van der Waals surface area contributed by atoms with Gasteiger partial charge in [-0.05, 0) is 36.4 Å². The minimum Gasteiger partial charge on any atom is -0.439 e. The zero-order chi connectivity index (χ0) is 20.5. The van der Waals surface area contributed by atoms with Gasteiger partial charge < -0.3 is 9.72 Å². The number of sulfone groups is 1. The van der Waals surface area contributed by atoms with E-state index in [0.29, 0.717) is 5.52 Å². The van der Waals surface area contributed by atoms with E-state index in [2.05, 4.69) is 4.98 Å². The predicted octanol–water partition coefficient (Wildman–Crippen LogP) is 4.61. The van der Waals surface area contributed by atoms with E-state index < -0.39 is 33.0 Å². The lowest BCUT2D eigenvalue weighted by Gasteiger charge is -2.17. The highest BCUT2D eigenvalue weighted by molar-refractivity contribution is 7.91. The van der Waals surface area contributed by atoms with Crippen molar-refractivity contribution in [1.82, 2.24) is 4.98 Å². The molecule has 1 unspecified atom stereocenters. The number of hydrogen-bond donors (Lipinski definition) is 1. The first kappa shape index (κ1) is 19.9. The minimum absolute atomic E-state index is 0.0278. The summed E-state index contributed by atoms with van der Waals surface area (Å²) in [6, 6.07) is 11.6. The molecule has 0 aliphatic rings. The van der Waals surface area contributed by atoms with Crippen molar-refractivity contribution in [1.29, 1.82) is 0 Å². The van der Waals surface area contributed by atoms with E-state index in [4.69, 9.17) is 4.74 Å². The lowest BCUT2D eigenvalue weighted by Crippen LogP contribution is -2.20. The van der Waals surface area contributed by atoms with Crippen molar-refractivity contribution in [2.45, 2.75) is 29.9 Å². The molecular weight excluding hydrogens is 395 g/mol. The number of aromatic amines is 1. The number of nitrogens with one attached hydrogen (secondary N) is 1. The highest BCUT2D eigenvalue weighted by atomic mass is 32.2. The van der Waals surface area contributed by atoms with E-state index in [-0.39, 0.29) is 22.4 Å². The summed E-state index contributed by atoms with van der Waals surface area (Å²) in [6.45, 7) is 1.51. The molecule has 0 aliphatic heterocycles. The van der Waals surface area contributed by atoms with Gasteiger partial charge in [0, 0.05) is 17.3 Å². The number of rotatable bonds is 5. The molecular formula is C19H16F3NO4S. The van der Waals surface area contributed by atoms with Gasteiger partial charge in [-0.2, -0.15) is 13.2 Å². The smallest absolute Gasteiger partial charge is 0.416 e. The zero-order valence-electron chi connectivity index (χ0n) is 14.7. The largest absolute Gasteiger partial charge is 0.439 e. The molecule has 0 aliphatic carbocycles. The van der Waals surface area contributed by atoms with Gasteiger partial charge in [0.2, 0.25) is 15.3 Å². The Morgan fingerprint density at radius 2 is 1.79 bits per heavy atom. The topological polar surface area (TPSA) is 76.2 Å². The van der Waals surface area contributed by atoms with E-state index >= 15 is 0 Å². The maximum Gasteiger partial charge on any atom is 0.416 e.